The van der Waals surface area contributed by atoms with E-state index in [4.69, 9.17) is 16.3 Å². The number of nitrogens with one attached hydrogen (secondary N) is 2. The van der Waals surface area contributed by atoms with E-state index >= 15 is 0 Å². The zero-order chi connectivity index (χ0) is 22.6. The Morgan fingerprint density at radius 2 is 1.84 bits per heavy atom. The van der Waals surface area contributed by atoms with Gasteiger partial charge in [-0.3, -0.25) is 9.59 Å². The molecule has 0 unspecified atom stereocenters. The zero-order valence-electron chi connectivity index (χ0n) is 16.8. The molecule has 8 nitrogen and oxygen atoms in total. The molecule has 0 bridgehead atoms. The van der Waals surface area contributed by atoms with Crippen molar-refractivity contribution in [3.05, 3.63) is 82.9 Å². The maximum atomic E-state index is 12.7. The van der Waals surface area contributed by atoms with Crippen LogP contribution >= 0.6 is 11.6 Å². The monoisotopic (exact) mass is 447 g/mol. The number of hydrogen-bond acceptors (Lipinski definition) is 6. The fraction of sp³-hybridized carbons (Fsp3) is 0.174. The van der Waals surface area contributed by atoms with E-state index in [0.717, 1.165) is 5.56 Å². The lowest BCUT2D eigenvalue weighted by Gasteiger charge is -2.17. The predicted octanol–water partition coefficient (Wildman–Crippen LogP) is 3.37. The predicted molar refractivity (Wildman–Crippen MR) is 116 cm³/mol. The number of carbonyl (C=O) groups excluding carboxylic acids is 2. The lowest BCUT2D eigenvalue weighted by Crippen LogP contribution is -2.48. The summed E-state index contributed by atoms with van der Waals surface area (Å²) in [7, 11) is 0. The molecule has 1 aromatic heterocycles. The molecule has 1 saturated carbocycles. The molecule has 3 aromatic rings. The number of halogens is 1. The first-order chi connectivity index (χ1) is 15.5. The summed E-state index contributed by atoms with van der Waals surface area (Å²) in [6, 6.07) is 14.0. The SMILES string of the molecule is N#Cc1cc(Cl)ccc1Oc1ccc(CNC(=O)C2(NC(=O)c3cncnc3)CC2)cc1. The third-order valence-electron chi connectivity index (χ3n) is 5.03. The van der Waals surface area contributed by atoms with E-state index in [1.165, 1.54) is 24.8 Å². The summed E-state index contributed by atoms with van der Waals surface area (Å²) in [5.41, 5.74) is 0.620. The van der Waals surface area contributed by atoms with Gasteiger partial charge in [0.2, 0.25) is 5.91 Å². The minimum absolute atomic E-state index is 0.233. The van der Waals surface area contributed by atoms with Crippen LogP contribution in [0.4, 0.5) is 0 Å². The largest absolute Gasteiger partial charge is 0.456 e. The van der Waals surface area contributed by atoms with Crippen molar-refractivity contribution in [2.75, 3.05) is 0 Å². The minimum Gasteiger partial charge on any atom is -0.456 e. The molecule has 1 heterocycles. The van der Waals surface area contributed by atoms with Crippen molar-refractivity contribution in [1.29, 1.82) is 5.26 Å². The van der Waals surface area contributed by atoms with Gasteiger partial charge in [-0.15, -0.1) is 0 Å². The zero-order valence-corrected chi connectivity index (χ0v) is 17.6. The second kappa shape index (κ2) is 9.04. The van der Waals surface area contributed by atoms with Crippen LogP contribution in [0, 0.1) is 11.3 Å². The molecular formula is C23H18ClN5O3. The quantitative estimate of drug-likeness (QED) is 0.573. The van der Waals surface area contributed by atoms with Crippen LogP contribution in [0.25, 0.3) is 0 Å². The van der Waals surface area contributed by atoms with Crippen molar-refractivity contribution in [3.63, 3.8) is 0 Å². The van der Waals surface area contributed by atoms with Crippen molar-refractivity contribution in [1.82, 2.24) is 20.6 Å². The second-order valence-corrected chi connectivity index (χ2v) is 7.78. The van der Waals surface area contributed by atoms with Crippen molar-refractivity contribution in [2.24, 2.45) is 0 Å². The first-order valence-corrected chi connectivity index (χ1v) is 10.2. The van der Waals surface area contributed by atoms with Gasteiger partial charge in [0.25, 0.3) is 5.91 Å². The van der Waals surface area contributed by atoms with Crippen molar-refractivity contribution >= 4 is 23.4 Å². The van der Waals surface area contributed by atoms with E-state index < -0.39 is 5.54 Å². The number of ether oxygens (including phenoxy) is 1. The molecule has 2 N–H and O–H groups in total. The topological polar surface area (TPSA) is 117 Å². The second-order valence-electron chi connectivity index (χ2n) is 7.34. The summed E-state index contributed by atoms with van der Waals surface area (Å²) >= 11 is 5.91. The third-order valence-corrected chi connectivity index (χ3v) is 5.26. The number of benzene rings is 2. The Labute approximate surface area is 189 Å². The fourth-order valence-corrected chi connectivity index (χ4v) is 3.24. The summed E-state index contributed by atoms with van der Waals surface area (Å²) in [5, 5.41) is 15.3. The minimum atomic E-state index is -0.891. The van der Waals surface area contributed by atoms with Gasteiger partial charge in [0.15, 0.2) is 0 Å². The van der Waals surface area contributed by atoms with E-state index in [2.05, 4.69) is 26.7 Å². The van der Waals surface area contributed by atoms with E-state index in [1.54, 1.807) is 24.3 Å². The first-order valence-electron chi connectivity index (χ1n) is 9.81. The van der Waals surface area contributed by atoms with E-state index in [-0.39, 0.29) is 11.8 Å². The number of hydrogen-bond donors (Lipinski definition) is 2. The van der Waals surface area contributed by atoms with Gasteiger partial charge in [-0.2, -0.15) is 5.26 Å². The fourth-order valence-electron chi connectivity index (χ4n) is 3.07. The van der Waals surface area contributed by atoms with Crippen LogP contribution in [-0.2, 0) is 11.3 Å². The maximum Gasteiger partial charge on any atom is 0.255 e. The van der Waals surface area contributed by atoms with Crippen LogP contribution in [0.2, 0.25) is 5.02 Å². The van der Waals surface area contributed by atoms with Gasteiger partial charge < -0.3 is 15.4 Å². The summed E-state index contributed by atoms with van der Waals surface area (Å²) in [6.45, 7) is 0.301. The van der Waals surface area contributed by atoms with Gasteiger partial charge in [0, 0.05) is 24.0 Å². The summed E-state index contributed by atoms with van der Waals surface area (Å²) in [5.74, 6) is 0.352. The molecule has 32 heavy (non-hydrogen) atoms. The number of carbonyl (C=O) groups is 2. The lowest BCUT2D eigenvalue weighted by molar-refractivity contribution is -0.124. The Kier molecular flexibility index (Phi) is 6.01. The Bertz CT molecular complexity index is 1190. The van der Waals surface area contributed by atoms with Crippen molar-refractivity contribution in [3.8, 4) is 17.6 Å². The van der Waals surface area contributed by atoms with E-state index in [1.807, 2.05) is 12.1 Å². The Balaban J connectivity index is 1.33. The van der Waals surface area contributed by atoms with Gasteiger partial charge in [-0.1, -0.05) is 23.7 Å². The van der Waals surface area contributed by atoms with Crippen LogP contribution in [0.3, 0.4) is 0 Å². The molecular weight excluding hydrogens is 430 g/mol. The molecule has 1 fully saturated rings. The molecule has 2 amide bonds. The van der Waals surface area contributed by atoms with Crippen molar-refractivity contribution in [2.45, 2.75) is 24.9 Å². The Hall–Kier alpha value is -3.96. The summed E-state index contributed by atoms with van der Waals surface area (Å²) in [6.07, 6.45) is 5.30. The van der Waals surface area contributed by atoms with Gasteiger partial charge in [-0.25, -0.2) is 9.97 Å². The Morgan fingerprint density at radius 3 is 2.50 bits per heavy atom. The van der Waals surface area contributed by atoms with E-state index in [9.17, 15) is 14.9 Å². The molecule has 0 radical (unpaired) electrons. The smallest absolute Gasteiger partial charge is 0.255 e. The molecule has 9 heteroatoms. The van der Waals surface area contributed by atoms with Crippen molar-refractivity contribution < 1.29 is 14.3 Å². The number of nitrogens with zero attached hydrogens (tertiary/aromatic N) is 3. The van der Waals surface area contributed by atoms with Crippen LogP contribution in [0.15, 0.2) is 61.2 Å². The number of nitriles is 1. The summed E-state index contributed by atoms with van der Waals surface area (Å²) < 4.78 is 5.76. The third kappa shape index (κ3) is 4.85. The molecule has 0 spiro atoms. The highest BCUT2D eigenvalue weighted by Gasteiger charge is 2.51. The molecule has 0 aliphatic heterocycles. The molecule has 1 aliphatic rings. The highest BCUT2D eigenvalue weighted by atomic mass is 35.5. The molecule has 0 atom stereocenters. The van der Waals surface area contributed by atoms with Crippen LogP contribution in [-0.4, -0.2) is 27.3 Å². The number of aromatic nitrogens is 2. The van der Waals surface area contributed by atoms with Gasteiger partial charge in [0.1, 0.15) is 29.4 Å². The maximum absolute atomic E-state index is 12.7. The Morgan fingerprint density at radius 1 is 1.12 bits per heavy atom. The van der Waals surface area contributed by atoms with Gasteiger partial charge >= 0.3 is 0 Å². The molecule has 1 aliphatic carbocycles. The molecule has 160 valence electrons. The normalized spacial score (nSPS) is 13.5. The number of rotatable bonds is 7. The lowest BCUT2D eigenvalue weighted by atomic mass is 10.2. The standard InChI is InChI=1S/C23H18ClN5O3/c24-18-3-6-20(16(9-18)10-25)32-19-4-1-15(2-5-19)11-28-22(31)23(7-8-23)29-21(30)17-12-26-14-27-13-17/h1-6,9,12-14H,7-8,11H2,(H,28,31)(H,29,30). The summed E-state index contributed by atoms with van der Waals surface area (Å²) in [4.78, 5) is 32.6. The molecule has 0 saturated heterocycles. The highest BCUT2D eigenvalue weighted by Crippen LogP contribution is 2.36. The van der Waals surface area contributed by atoms with Crippen LogP contribution in [0.1, 0.15) is 34.3 Å². The van der Waals surface area contributed by atoms with Crippen LogP contribution < -0.4 is 15.4 Å². The number of amides is 2. The molecule has 2 aromatic carbocycles. The average molecular weight is 448 g/mol. The van der Waals surface area contributed by atoms with Crippen LogP contribution in [0.5, 0.6) is 11.5 Å². The molecule has 4 rings (SSSR count). The van der Waals surface area contributed by atoms with Gasteiger partial charge in [0.05, 0.1) is 11.1 Å². The average Bonchev–Trinajstić information content (AvgIpc) is 3.60. The van der Waals surface area contributed by atoms with Gasteiger partial charge in [-0.05, 0) is 48.7 Å². The van der Waals surface area contributed by atoms with E-state index in [0.29, 0.717) is 47.0 Å². The highest BCUT2D eigenvalue weighted by molar-refractivity contribution is 6.30. The first kappa shape index (κ1) is 21.3.